The molecule has 6 nitrogen and oxygen atoms in total. The van der Waals surface area contributed by atoms with Gasteiger partial charge in [-0.2, -0.15) is 0 Å². The molecule has 1 aliphatic heterocycles. The average Bonchev–Trinajstić information content (AvgIpc) is 3.00. The van der Waals surface area contributed by atoms with E-state index in [1.807, 2.05) is 37.5 Å². The highest BCUT2D eigenvalue weighted by Gasteiger charge is 2.21. The number of para-hydroxylation sites is 2. The lowest BCUT2D eigenvalue weighted by Gasteiger charge is -2.32. The second-order valence-electron chi connectivity index (χ2n) is 6.31. The molecule has 3 heterocycles. The Bertz CT molecular complexity index is 869. The summed E-state index contributed by atoms with van der Waals surface area (Å²) < 4.78 is 5.55. The van der Waals surface area contributed by atoms with E-state index in [1.165, 1.54) is 0 Å². The predicted octanol–water partition coefficient (Wildman–Crippen LogP) is 2.87. The Morgan fingerprint density at radius 2 is 1.92 bits per heavy atom. The van der Waals surface area contributed by atoms with Crippen LogP contribution in [0.3, 0.4) is 0 Å². The second kappa shape index (κ2) is 7.01. The van der Waals surface area contributed by atoms with Crippen LogP contribution in [0.1, 0.15) is 12.8 Å². The van der Waals surface area contributed by atoms with Crippen molar-refractivity contribution in [2.24, 2.45) is 7.05 Å². The van der Waals surface area contributed by atoms with Gasteiger partial charge in [-0.05, 0) is 37.3 Å². The Morgan fingerprint density at radius 1 is 1.12 bits per heavy atom. The zero-order valence-corrected chi connectivity index (χ0v) is 15.3. The van der Waals surface area contributed by atoms with E-state index in [-0.39, 0.29) is 0 Å². The molecule has 1 saturated heterocycles. The molecule has 0 saturated carbocycles. The standard InChI is InChI=1S/C18H22N6S/c1-23-16-6-4-3-5-14(16)20-17(23)15-7-10-19-18(21-15)24-11-8-13(9-12-24)22-25-2/h3-7,10,13,22H,8-9,11-12H2,1-2H3. The van der Waals surface area contributed by atoms with Gasteiger partial charge >= 0.3 is 0 Å². The van der Waals surface area contributed by atoms with E-state index in [0.717, 1.165) is 54.4 Å². The fourth-order valence-electron chi connectivity index (χ4n) is 3.36. The number of anilines is 1. The molecule has 130 valence electrons. The molecular weight excluding hydrogens is 332 g/mol. The van der Waals surface area contributed by atoms with Crippen LogP contribution in [0.5, 0.6) is 0 Å². The van der Waals surface area contributed by atoms with Crippen molar-refractivity contribution in [2.75, 3.05) is 24.2 Å². The zero-order chi connectivity index (χ0) is 17.2. The molecule has 0 spiro atoms. The second-order valence-corrected chi connectivity index (χ2v) is 6.95. The molecule has 25 heavy (non-hydrogen) atoms. The first-order chi connectivity index (χ1) is 12.3. The maximum atomic E-state index is 4.80. The molecule has 4 rings (SSSR count). The van der Waals surface area contributed by atoms with Crippen molar-refractivity contribution in [2.45, 2.75) is 18.9 Å². The molecule has 1 fully saturated rings. The van der Waals surface area contributed by atoms with Gasteiger partial charge in [0.05, 0.1) is 11.0 Å². The van der Waals surface area contributed by atoms with E-state index in [9.17, 15) is 0 Å². The summed E-state index contributed by atoms with van der Waals surface area (Å²) in [6.45, 7) is 1.95. The number of rotatable bonds is 4. The maximum absolute atomic E-state index is 4.80. The van der Waals surface area contributed by atoms with E-state index >= 15 is 0 Å². The molecule has 0 atom stereocenters. The largest absolute Gasteiger partial charge is 0.341 e. The van der Waals surface area contributed by atoms with Crippen molar-refractivity contribution in [3.8, 4) is 11.5 Å². The van der Waals surface area contributed by atoms with E-state index in [0.29, 0.717) is 6.04 Å². The smallest absolute Gasteiger partial charge is 0.225 e. The molecule has 2 aromatic heterocycles. The van der Waals surface area contributed by atoms with Gasteiger partial charge in [0, 0.05) is 32.4 Å². The van der Waals surface area contributed by atoms with E-state index in [1.54, 1.807) is 11.9 Å². The summed E-state index contributed by atoms with van der Waals surface area (Å²) in [4.78, 5) is 16.3. The Balaban J connectivity index is 1.60. The van der Waals surface area contributed by atoms with Gasteiger partial charge in [-0.1, -0.05) is 24.1 Å². The van der Waals surface area contributed by atoms with Gasteiger partial charge in [-0.15, -0.1) is 0 Å². The molecule has 1 aromatic carbocycles. The molecule has 0 amide bonds. The number of aryl methyl sites for hydroxylation is 1. The first-order valence-electron chi connectivity index (χ1n) is 8.54. The highest BCUT2D eigenvalue weighted by Crippen LogP contribution is 2.24. The van der Waals surface area contributed by atoms with Crippen molar-refractivity contribution < 1.29 is 0 Å². The molecule has 0 radical (unpaired) electrons. The van der Waals surface area contributed by atoms with Gasteiger partial charge in [0.15, 0.2) is 5.82 Å². The van der Waals surface area contributed by atoms with Gasteiger partial charge in [0.2, 0.25) is 5.95 Å². The van der Waals surface area contributed by atoms with Crippen LogP contribution in [-0.2, 0) is 7.05 Å². The van der Waals surface area contributed by atoms with Gasteiger partial charge < -0.3 is 9.47 Å². The highest BCUT2D eigenvalue weighted by molar-refractivity contribution is 7.96. The van der Waals surface area contributed by atoms with Crippen LogP contribution in [0.4, 0.5) is 5.95 Å². The molecule has 1 aliphatic rings. The Hall–Kier alpha value is -2.12. The minimum atomic E-state index is 0.578. The lowest BCUT2D eigenvalue weighted by molar-refractivity contribution is 0.474. The number of hydrogen-bond donors (Lipinski definition) is 1. The van der Waals surface area contributed by atoms with E-state index in [2.05, 4.69) is 31.5 Å². The number of nitrogens with zero attached hydrogens (tertiary/aromatic N) is 5. The third kappa shape index (κ3) is 3.21. The van der Waals surface area contributed by atoms with Crippen molar-refractivity contribution >= 4 is 28.9 Å². The van der Waals surface area contributed by atoms with Crippen molar-refractivity contribution in [1.82, 2.24) is 24.2 Å². The van der Waals surface area contributed by atoms with Crippen molar-refractivity contribution in [3.05, 3.63) is 36.5 Å². The Kier molecular flexibility index (Phi) is 4.59. The summed E-state index contributed by atoms with van der Waals surface area (Å²) in [7, 11) is 2.03. The van der Waals surface area contributed by atoms with Crippen molar-refractivity contribution in [3.63, 3.8) is 0 Å². The molecule has 0 aliphatic carbocycles. The number of aromatic nitrogens is 4. The Morgan fingerprint density at radius 3 is 2.68 bits per heavy atom. The minimum absolute atomic E-state index is 0.578. The molecule has 0 bridgehead atoms. The van der Waals surface area contributed by atoms with Crippen LogP contribution < -0.4 is 9.62 Å². The lowest BCUT2D eigenvalue weighted by atomic mass is 10.1. The number of hydrogen-bond acceptors (Lipinski definition) is 6. The average molecular weight is 354 g/mol. The third-order valence-electron chi connectivity index (χ3n) is 4.72. The fraction of sp³-hybridized carbons (Fsp3) is 0.389. The van der Waals surface area contributed by atoms with E-state index in [4.69, 9.17) is 9.97 Å². The van der Waals surface area contributed by atoms with Gasteiger partial charge in [0.25, 0.3) is 0 Å². The topological polar surface area (TPSA) is 58.9 Å². The van der Waals surface area contributed by atoms with E-state index < -0.39 is 0 Å². The number of nitrogens with one attached hydrogen (secondary N) is 1. The third-order valence-corrected chi connectivity index (χ3v) is 5.29. The lowest BCUT2D eigenvalue weighted by Crippen LogP contribution is -2.41. The number of imidazole rings is 1. The summed E-state index contributed by atoms with van der Waals surface area (Å²) in [6.07, 6.45) is 6.14. The Labute approximate surface area is 151 Å². The SMILES string of the molecule is CSNC1CCN(c2nccc(-c3nc4ccccc4n3C)n2)CC1. The number of piperidine rings is 1. The summed E-state index contributed by atoms with van der Waals surface area (Å²) in [5.74, 6) is 1.68. The summed E-state index contributed by atoms with van der Waals surface area (Å²) >= 11 is 1.70. The molecule has 0 unspecified atom stereocenters. The summed E-state index contributed by atoms with van der Waals surface area (Å²) in [6, 6.07) is 10.7. The highest BCUT2D eigenvalue weighted by atomic mass is 32.2. The molecular formula is C18H22N6S. The summed E-state index contributed by atoms with van der Waals surface area (Å²) in [5, 5.41) is 0. The predicted molar refractivity (Wildman–Crippen MR) is 104 cm³/mol. The van der Waals surface area contributed by atoms with Crippen LogP contribution >= 0.6 is 11.9 Å². The van der Waals surface area contributed by atoms with Gasteiger partial charge in [0.1, 0.15) is 5.69 Å². The van der Waals surface area contributed by atoms with Crippen LogP contribution in [0.15, 0.2) is 36.5 Å². The number of fused-ring (bicyclic) bond motifs is 1. The van der Waals surface area contributed by atoms with Gasteiger partial charge in [-0.3, -0.25) is 4.72 Å². The molecule has 7 heteroatoms. The van der Waals surface area contributed by atoms with Crippen LogP contribution in [0, 0.1) is 0 Å². The monoisotopic (exact) mass is 354 g/mol. The molecule has 3 aromatic rings. The minimum Gasteiger partial charge on any atom is -0.341 e. The quantitative estimate of drug-likeness (QED) is 0.727. The number of benzene rings is 1. The molecule has 1 N–H and O–H groups in total. The first kappa shape index (κ1) is 16.4. The van der Waals surface area contributed by atoms with Crippen LogP contribution in [0.25, 0.3) is 22.6 Å². The zero-order valence-electron chi connectivity index (χ0n) is 14.5. The summed E-state index contributed by atoms with van der Waals surface area (Å²) in [5.41, 5.74) is 2.97. The normalized spacial score (nSPS) is 15.8. The van der Waals surface area contributed by atoms with Crippen LogP contribution in [-0.4, -0.2) is 44.9 Å². The van der Waals surface area contributed by atoms with Gasteiger partial charge in [-0.25, -0.2) is 15.0 Å². The first-order valence-corrected chi connectivity index (χ1v) is 9.77. The maximum Gasteiger partial charge on any atom is 0.225 e. The fourth-order valence-corrected chi connectivity index (χ4v) is 3.93. The van der Waals surface area contributed by atoms with Crippen LogP contribution in [0.2, 0.25) is 0 Å². The van der Waals surface area contributed by atoms with Crippen molar-refractivity contribution in [1.29, 1.82) is 0 Å².